The second-order valence-electron chi connectivity index (χ2n) is 7.94. The molecule has 4 aromatic rings. The maximum atomic E-state index is 6.25. The van der Waals surface area contributed by atoms with Gasteiger partial charge in [-0.15, -0.1) is 0 Å². The Labute approximate surface area is 200 Å². The van der Waals surface area contributed by atoms with E-state index in [0.29, 0.717) is 0 Å². The highest BCUT2D eigenvalue weighted by molar-refractivity contribution is 8.35. The van der Waals surface area contributed by atoms with Crippen LogP contribution < -0.4 is 0 Å². The molecule has 0 bridgehead atoms. The second kappa shape index (κ2) is 11.7. The fourth-order valence-corrected chi connectivity index (χ4v) is 6.54. The van der Waals surface area contributed by atoms with Crippen LogP contribution in [0.4, 0.5) is 0 Å². The first kappa shape index (κ1) is 22.3. The van der Waals surface area contributed by atoms with E-state index in [1.54, 1.807) is 0 Å². The quantitative estimate of drug-likeness (QED) is 0.218. The summed E-state index contributed by atoms with van der Waals surface area (Å²) in [7, 11) is -0.549. The van der Waals surface area contributed by atoms with E-state index in [2.05, 4.69) is 126 Å². The third kappa shape index (κ3) is 6.56. The lowest BCUT2D eigenvalue weighted by Gasteiger charge is -2.33. The molecule has 32 heavy (non-hydrogen) atoms. The highest BCUT2D eigenvalue weighted by atomic mass is 32.2. The van der Waals surface area contributed by atoms with Gasteiger partial charge in [0, 0.05) is 24.6 Å². The summed E-state index contributed by atoms with van der Waals surface area (Å²) < 4.78 is 1.10. The van der Waals surface area contributed by atoms with E-state index < -0.39 is 10.9 Å². The molecule has 0 aliphatic heterocycles. The van der Waals surface area contributed by atoms with Crippen molar-refractivity contribution >= 4 is 27.4 Å². The predicted molar refractivity (Wildman–Crippen MR) is 144 cm³/mol. The Bertz CT molecular complexity index is 911. The average Bonchev–Trinajstić information content (AvgIpc) is 2.85. The second-order valence-corrected chi connectivity index (χ2v) is 10.8. The molecule has 0 unspecified atom stereocenters. The first-order valence-corrected chi connectivity index (χ1v) is 13.1. The Morgan fingerprint density at radius 1 is 0.500 bits per heavy atom. The van der Waals surface area contributed by atoms with Crippen LogP contribution in [0, 0.1) is 0 Å². The third-order valence-electron chi connectivity index (χ3n) is 5.41. The summed E-state index contributed by atoms with van der Waals surface area (Å²) in [5.74, 6) is 2.01. The molecule has 0 N–H and O–H groups in total. The van der Waals surface area contributed by atoms with Gasteiger partial charge in [-0.25, -0.2) is 0 Å². The van der Waals surface area contributed by atoms with Gasteiger partial charge in [-0.1, -0.05) is 134 Å². The van der Waals surface area contributed by atoms with Crippen LogP contribution in [0.1, 0.15) is 22.3 Å². The maximum Gasteiger partial charge on any atom is 0.117 e. The predicted octanol–water partition coefficient (Wildman–Crippen LogP) is 7.38. The Morgan fingerprint density at radius 3 is 1.16 bits per heavy atom. The normalized spacial score (nSPS) is 11.1. The molecule has 3 heteroatoms. The summed E-state index contributed by atoms with van der Waals surface area (Å²) in [5.41, 5.74) is 5.30. The van der Waals surface area contributed by atoms with Gasteiger partial charge >= 0.3 is 0 Å². The Morgan fingerprint density at radius 2 is 0.812 bits per heavy atom. The number of hydrogen-bond donors (Lipinski definition) is 1. The third-order valence-corrected chi connectivity index (χ3v) is 8.76. The number of nitrogens with zero attached hydrogens (tertiary/aromatic N) is 1. The van der Waals surface area contributed by atoms with Crippen molar-refractivity contribution in [3.8, 4) is 0 Å². The molecule has 0 amide bonds. The molecule has 0 spiro atoms. The van der Waals surface area contributed by atoms with Crippen LogP contribution in [0.2, 0.25) is 0 Å². The lowest BCUT2D eigenvalue weighted by molar-refractivity contribution is 0.421. The zero-order chi connectivity index (χ0) is 22.0. The smallest absolute Gasteiger partial charge is 0.117 e. The van der Waals surface area contributed by atoms with Crippen molar-refractivity contribution in [1.29, 1.82) is 0 Å². The van der Waals surface area contributed by atoms with E-state index in [9.17, 15) is 0 Å². The minimum atomic E-state index is -0.549. The fourth-order valence-electron chi connectivity index (χ4n) is 3.80. The van der Waals surface area contributed by atoms with Crippen molar-refractivity contribution in [2.24, 2.45) is 0 Å². The van der Waals surface area contributed by atoms with Gasteiger partial charge in [-0.3, -0.25) is 0 Å². The van der Waals surface area contributed by atoms with E-state index in [0.717, 1.165) is 28.9 Å². The standard InChI is InChI=1S/C29H29NS2/c31-29(30(21-25-13-5-1-6-14-25)22-26-15-7-2-8-16-26)32(23-27-17-9-3-10-18-27)24-28-19-11-4-12-20-28/h1-20,32H,21-24H2. The van der Waals surface area contributed by atoms with Crippen molar-refractivity contribution in [2.45, 2.75) is 24.6 Å². The number of benzene rings is 4. The minimum Gasteiger partial charge on any atom is -0.350 e. The zero-order valence-corrected chi connectivity index (χ0v) is 19.9. The van der Waals surface area contributed by atoms with Crippen LogP contribution in [-0.2, 0) is 24.6 Å². The van der Waals surface area contributed by atoms with E-state index in [1.807, 2.05) is 0 Å². The van der Waals surface area contributed by atoms with E-state index in [4.69, 9.17) is 12.2 Å². The molecule has 0 atom stereocenters. The molecular weight excluding hydrogens is 426 g/mol. The van der Waals surface area contributed by atoms with E-state index in [1.165, 1.54) is 22.3 Å². The van der Waals surface area contributed by atoms with Gasteiger partial charge in [0.2, 0.25) is 0 Å². The molecule has 0 saturated heterocycles. The first-order valence-electron chi connectivity index (χ1n) is 11.0. The van der Waals surface area contributed by atoms with Crippen molar-refractivity contribution < 1.29 is 0 Å². The van der Waals surface area contributed by atoms with E-state index in [-0.39, 0.29) is 0 Å². The average molecular weight is 456 g/mol. The van der Waals surface area contributed by atoms with Crippen LogP contribution in [0.3, 0.4) is 0 Å². The lowest BCUT2D eigenvalue weighted by Crippen LogP contribution is -2.29. The van der Waals surface area contributed by atoms with Crippen LogP contribution in [0.15, 0.2) is 121 Å². The number of thiocarbonyl (C=S) groups is 1. The van der Waals surface area contributed by atoms with Gasteiger partial charge in [-0.05, 0) is 22.3 Å². The van der Waals surface area contributed by atoms with Gasteiger partial charge in [0.25, 0.3) is 0 Å². The number of rotatable bonds is 8. The summed E-state index contributed by atoms with van der Waals surface area (Å²) in [6, 6.07) is 42.9. The SMILES string of the molecule is S=C(N(Cc1ccccc1)Cc1ccccc1)[SH](Cc1ccccc1)Cc1ccccc1. The van der Waals surface area contributed by atoms with Gasteiger partial charge in [-0.2, -0.15) is 10.9 Å². The summed E-state index contributed by atoms with van der Waals surface area (Å²) in [6.45, 7) is 1.66. The summed E-state index contributed by atoms with van der Waals surface area (Å²) >= 11 is 6.25. The molecular formula is C29H29NS2. The van der Waals surface area contributed by atoms with Crippen molar-refractivity contribution in [1.82, 2.24) is 4.90 Å². The van der Waals surface area contributed by atoms with Crippen LogP contribution >= 0.6 is 23.1 Å². The summed E-state index contributed by atoms with van der Waals surface area (Å²) in [4.78, 5) is 2.41. The zero-order valence-electron chi connectivity index (χ0n) is 18.2. The van der Waals surface area contributed by atoms with Crippen molar-refractivity contribution in [2.75, 3.05) is 0 Å². The van der Waals surface area contributed by atoms with Gasteiger partial charge in [0.05, 0.1) is 0 Å². The molecule has 0 saturated carbocycles. The number of thiol groups is 1. The van der Waals surface area contributed by atoms with Gasteiger partial charge < -0.3 is 4.90 Å². The van der Waals surface area contributed by atoms with Crippen molar-refractivity contribution in [3.63, 3.8) is 0 Å². The molecule has 0 heterocycles. The van der Waals surface area contributed by atoms with Crippen LogP contribution in [0.25, 0.3) is 0 Å². The molecule has 0 aromatic heterocycles. The van der Waals surface area contributed by atoms with Crippen molar-refractivity contribution in [3.05, 3.63) is 144 Å². The fraction of sp³-hybridized carbons (Fsp3) is 0.138. The highest BCUT2D eigenvalue weighted by Gasteiger charge is 2.19. The Kier molecular flexibility index (Phi) is 8.13. The summed E-state index contributed by atoms with van der Waals surface area (Å²) in [6.07, 6.45) is 0. The molecule has 4 aromatic carbocycles. The Balaban J connectivity index is 1.62. The Hall–Kier alpha value is -2.88. The van der Waals surface area contributed by atoms with E-state index >= 15 is 0 Å². The molecule has 0 fully saturated rings. The first-order chi connectivity index (χ1) is 15.8. The molecule has 1 nitrogen and oxygen atoms in total. The lowest BCUT2D eigenvalue weighted by atomic mass is 10.2. The van der Waals surface area contributed by atoms with Gasteiger partial charge in [0.1, 0.15) is 4.32 Å². The molecule has 0 radical (unpaired) electrons. The molecule has 0 aliphatic rings. The van der Waals surface area contributed by atoms with Crippen LogP contribution in [0.5, 0.6) is 0 Å². The number of hydrogen-bond acceptors (Lipinski definition) is 1. The summed E-state index contributed by atoms with van der Waals surface area (Å²) in [5, 5.41) is 0. The monoisotopic (exact) mass is 455 g/mol. The molecule has 0 aliphatic carbocycles. The maximum absolute atomic E-state index is 6.25. The van der Waals surface area contributed by atoms with Gasteiger partial charge in [0.15, 0.2) is 0 Å². The minimum absolute atomic E-state index is 0.549. The highest BCUT2D eigenvalue weighted by Crippen LogP contribution is 2.38. The largest absolute Gasteiger partial charge is 0.350 e. The van der Waals surface area contributed by atoms with Crippen LogP contribution in [-0.4, -0.2) is 9.22 Å². The molecule has 162 valence electrons. The topological polar surface area (TPSA) is 3.24 Å². The molecule has 4 rings (SSSR count).